The van der Waals surface area contributed by atoms with E-state index in [0.29, 0.717) is 0 Å². The maximum Gasteiger partial charge on any atom is -0.0172 e. The molecule has 0 fully saturated rings. The normalized spacial score (nSPS) is 10.7. The van der Waals surface area contributed by atoms with Gasteiger partial charge in [-0.25, -0.2) is 0 Å². The summed E-state index contributed by atoms with van der Waals surface area (Å²) in [4.78, 5) is 0. The van der Waals surface area contributed by atoms with E-state index < -0.39 is 0 Å². The molecule has 4 aromatic rings. The summed E-state index contributed by atoms with van der Waals surface area (Å²) < 4.78 is 0. The first-order valence-electron chi connectivity index (χ1n) is 9.69. The zero-order valence-corrected chi connectivity index (χ0v) is 15.7. The first-order valence-corrected chi connectivity index (χ1v) is 9.69. The van der Waals surface area contributed by atoms with Gasteiger partial charge in [-0.05, 0) is 63.6 Å². The van der Waals surface area contributed by atoms with Gasteiger partial charge < -0.3 is 0 Å². The van der Waals surface area contributed by atoms with Gasteiger partial charge in [0.05, 0.1) is 0 Å². The van der Waals surface area contributed by atoms with E-state index in [9.17, 15) is 0 Å². The number of hydrogen-bond acceptors (Lipinski definition) is 0. The molecule has 0 heteroatoms. The second-order valence-electron chi connectivity index (χ2n) is 6.98. The molecule has 0 saturated heterocycles. The van der Waals surface area contributed by atoms with Crippen LogP contribution in [-0.4, -0.2) is 0 Å². The van der Waals surface area contributed by atoms with Crippen LogP contribution in [0.4, 0.5) is 0 Å². The highest BCUT2D eigenvalue weighted by atomic mass is 14.1. The highest BCUT2D eigenvalue weighted by molar-refractivity contribution is 5.81. The summed E-state index contributed by atoms with van der Waals surface area (Å²) in [5, 5.41) is 0. The lowest BCUT2D eigenvalue weighted by Gasteiger charge is -2.12. The molecular weight excluding hydrogens is 324 g/mol. The molecule has 0 heterocycles. The van der Waals surface area contributed by atoms with E-state index in [2.05, 4.69) is 110 Å². The Balaban J connectivity index is 1.83. The lowest BCUT2D eigenvalue weighted by molar-refractivity contribution is 0.922. The first kappa shape index (κ1) is 17.3. The van der Waals surface area contributed by atoms with Crippen molar-refractivity contribution in [3.63, 3.8) is 0 Å². The highest BCUT2D eigenvalue weighted by Gasteiger charge is 2.07. The number of aryl methyl sites for hydroxylation is 1. The predicted molar refractivity (Wildman–Crippen MR) is 117 cm³/mol. The van der Waals surface area contributed by atoms with Crippen LogP contribution in [0.25, 0.3) is 33.4 Å². The summed E-state index contributed by atoms with van der Waals surface area (Å²) >= 11 is 0. The topological polar surface area (TPSA) is 0 Å². The number of benzene rings is 4. The average Bonchev–Trinajstić information content (AvgIpc) is 2.75. The Morgan fingerprint density at radius 1 is 0.444 bits per heavy atom. The molecule has 0 radical (unpaired) electrons. The highest BCUT2D eigenvalue weighted by Crippen LogP contribution is 2.33. The third-order valence-electron chi connectivity index (χ3n) is 4.97. The molecule has 0 atom stereocenters. The second kappa shape index (κ2) is 8.05. The van der Waals surface area contributed by atoms with Crippen molar-refractivity contribution in [2.75, 3.05) is 0 Å². The molecule has 0 aliphatic rings. The number of rotatable bonds is 5. The van der Waals surface area contributed by atoms with Gasteiger partial charge in [0.1, 0.15) is 0 Å². The standard InChI is InChI=1S/C27H24/c1-2-9-21-14-16-24(17-15-21)27-19-25(22-10-5-3-6-11-22)18-26(20-27)23-12-7-4-8-13-23/h3-8,10-20H,2,9H2,1H3. The fourth-order valence-electron chi connectivity index (χ4n) is 3.54. The molecule has 0 spiro atoms. The lowest BCUT2D eigenvalue weighted by Crippen LogP contribution is -1.87. The van der Waals surface area contributed by atoms with E-state index in [0.717, 1.165) is 6.42 Å². The molecule has 0 aromatic heterocycles. The molecular formula is C27H24. The van der Waals surface area contributed by atoms with Gasteiger partial charge in [0, 0.05) is 0 Å². The minimum atomic E-state index is 1.14. The Morgan fingerprint density at radius 2 is 0.852 bits per heavy atom. The fourth-order valence-corrected chi connectivity index (χ4v) is 3.54. The smallest absolute Gasteiger partial charge is 0.0172 e. The Bertz CT molecular complexity index is 939. The first-order chi connectivity index (χ1) is 13.3. The molecule has 0 N–H and O–H groups in total. The van der Waals surface area contributed by atoms with Gasteiger partial charge in [-0.3, -0.25) is 0 Å². The average molecular weight is 348 g/mol. The zero-order valence-electron chi connectivity index (χ0n) is 15.7. The maximum atomic E-state index is 2.30. The van der Waals surface area contributed by atoms with Crippen molar-refractivity contribution < 1.29 is 0 Å². The molecule has 0 aliphatic carbocycles. The van der Waals surface area contributed by atoms with Crippen molar-refractivity contribution in [1.82, 2.24) is 0 Å². The van der Waals surface area contributed by atoms with Crippen LogP contribution in [0.3, 0.4) is 0 Å². The summed E-state index contributed by atoms with van der Waals surface area (Å²) in [6.07, 6.45) is 2.32. The van der Waals surface area contributed by atoms with Crippen LogP contribution < -0.4 is 0 Å². The Morgan fingerprint density at radius 3 is 1.26 bits per heavy atom. The quantitative estimate of drug-likeness (QED) is 0.347. The molecule has 0 nitrogen and oxygen atoms in total. The van der Waals surface area contributed by atoms with Crippen LogP contribution in [0.1, 0.15) is 18.9 Å². The van der Waals surface area contributed by atoms with Crippen LogP contribution >= 0.6 is 0 Å². The third kappa shape index (κ3) is 4.01. The van der Waals surface area contributed by atoms with Gasteiger partial charge in [-0.15, -0.1) is 0 Å². The van der Waals surface area contributed by atoms with Crippen molar-refractivity contribution in [1.29, 1.82) is 0 Å². The summed E-state index contributed by atoms with van der Waals surface area (Å²) in [5.74, 6) is 0. The molecule has 4 rings (SSSR count). The molecule has 0 saturated carbocycles. The van der Waals surface area contributed by atoms with Gasteiger partial charge in [0.15, 0.2) is 0 Å². The molecule has 27 heavy (non-hydrogen) atoms. The minimum absolute atomic E-state index is 1.14. The Labute approximate surface area is 162 Å². The predicted octanol–water partition coefficient (Wildman–Crippen LogP) is 7.64. The van der Waals surface area contributed by atoms with E-state index in [1.54, 1.807) is 0 Å². The largest absolute Gasteiger partial charge is 0.0651 e. The Kier molecular flexibility index (Phi) is 5.16. The van der Waals surface area contributed by atoms with Crippen LogP contribution in [0.5, 0.6) is 0 Å². The van der Waals surface area contributed by atoms with E-state index in [1.165, 1.54) is 45.4 Å². The monoisotopic (exact) mass is 348 g/mol. The van der Waals surface area contributed by atoms with E-state index in [-0.39, 0.29) is 0 Å². The number of hydrogen-bond donors (Lipinski definition) is 0. The zero-order chi connectivity index (χ0) is 18.5. The van der Waals surface area contributed by atoms with Gasteiger partial charge in [0.25, 0.3) is 0 Å². The maximum absolute atomic E-state index is 2.30. The molecule has 0 unspecified atom stereocenters. The van der Waals surface area contributed by atoms with Crippen molar-refractivity contribution in [2.45, 2.75) is 19.8 Å². The summed E-state index contributed by atoms with van der Waals surface area (Å²) in [6.45, 7) is 2.23. The summed E-state index contributed by atoms with van der Waals surface area (Å²) in [5.41, 5.74) is 8.94. The third-order valence-corrected chi connectivity index (χ3v) is 4.97. The van der Waals surface area contributed by atoms with Crippen molar-refractivity contribution in [3.05, 3.63) is 109 Å². The van der Waals surface area contributed by atoms with Crippen LogP contribution in [0.15, 0.2) is 103 Å². The molecule has 0 amide bonds. The van der Waals surface area contributed by atoms with Crippen molar-refractivity contribution in [2.24, 2.45) is 0 Å². The van der Waals surface area contributed by atoms with Crippen LogP contribution in [0.2, 0.25) is 0 Å². The van der Waals surface area contributed by atoms with Gasteiger partial charge in [-0.1, -0.05) is 98.3 Å². The molecule has 4 aromatic carbocycles. The second-order valence-corrected chi connectivity index (χ2v) is 6.98. The SMILES string of the molecule is CCCc1ccc(-c2cc(-c3ccccc3)cc(-c3ccccc3)c2)cc1. The summed E-state index contributed by atoms with van der Waals surface area (Å²) in [6, 6.07) is 37.2. The van der Waals surface area contributed by atoms with E-state index >= 15 is 0 Å². The molecule has 132 valence electrons. The Hall–Kier alpha value is -3.12. The fraction of sp³-hybridized carbons (Fsp3) is 0.111. The summed E-state index contributed by atoms with van der Waals surface area (Å²) in [7, 11) is 0. The molecule has 0 bridgehead atoms. The van der Waals surface area contributed by atoms with E-state index in [4.69, 9.17) is 0 Å². The van der Waals surface area contributed by atoms with Gasteiger partial charge in [-0.2, -0.15) is 0 Å². The van der Waals surface area contributed by atoms with Crippen LogP contribution in [0, 0.1) is 0 Å². The minimum Gasteiger partial charge on any atom is -0.0651 e. The van der Waals surface area contributed by atoms with Crippen molar-refractivity contribution >= 4 is 0 Å². The van der Waals surface area contributed by atoms with Gasteiger partial charge in [0.2, 0.25) is 0 Å². The molecule has 0 aliphatic heterocycles. The van der Waals surface area contributed by atoms with Crippen LogP contribution in [-0.2, 0) is 6.42 Å². The lowest BCUT2D eigenvalue weighted by atomic mass is 9.93. The van der Waals surface area contributed by atoms with E-state index in [1.807, 2.05) is 0 Å². The van der Waals surface area contributed by atoms with Crippen molar-refractivity contribution in [3.8, 4) is 33.4 Å². The van der Waals surface area contributed by atoms with Gasteiger partial charge >= 0.3 is 0 Å².